The van der Waals surface area contributed by atoms with Crippen LogP contribution in [0, 0.1) is 12.8 Å². The first-order chi connectivity index (χ1) is 13.9. The lowest BCUT2D eigenvalue weighted by molar-refractivity contribution is -0.192. The molecule has 2 N–H and O–H groups in total. The molecule has 0 saturated carbocycles. The third kappa shape index (κ3) is 4.91. The van der Waals surface area contributed by atoms with Gasteiger partial charge < -0.3 is 19.8 Å². The van der Waals surface area contributed by atoms with E-state index in [4.69, 9.17) is 14.4 Å². The number of carboxylic acids is 1. The highest BCUT2D eigenvalue weighted by molar-refractivity contribution is 5.95. The molecule has 12 heteroatoms. The van der Waals surface area contributed by atoms with Crippen molar-refractivity contribution in [3.05, 3.63) is 17.5 Å². The molecule has 168 valence electrons. The van der Waals surface area contributed by atoms with Crippen molar-refractivity contribution in [2.24, 2.45) is 5.92 Å². The number of carboxylic acid groups (broad SMARTS) is 1. The van der Waals surface area contributed by atoms with Gasteiger partial charge in [0.1, 0.15) is 11.3 Å². The lowest BCUT2D eigenvalue weighted by Crippen LogP contribution is -2.50. The van der Waals surface area contributed by atoms with E-state index in [9.17, 15) is 22.8 Å². The average molecular weight is 434 g/mol. The van der Waals surface area contributed by atoms with Gasteiger partial charge >= 0.3 is 12.1 Å². The summed E-state index contributed by atoms with van der Waals surface area (Å²) < 4.78 is 36.7. The molecule has 9 nitrogen and oxygen atoms in total. The molecule has 3 atom stereocenters. The zero-order chi connectivity index (χ0) is 22.8. The fourth-order valence-electron chi connectivity index (χ4n) is 4.06. The molecule has 2 amide bonds. The predicted molar refractivity (Wildman–Crippen MR) is 97.6 cm³/mol. The van der Waals surface area contributed by atoms with E-state index >= 15 is 0 Å². The minimum absolute atomic E-state index is 0.0293. The van der Waals surface area contributed by atoms with Crippen molar-refractivity contribution < 1.29 is 37.2 Å². The summed E-state index contributed by atoms with van der Waals surface area (Å²) in [6, 6.07) is 0.408. The van der Waals surface area contributed by atoms with Gasteiger partial charge in [0.05, 0.1) is 12.2 Å². The summed E-state index contributed by atoms with van der Waals surface area (Å²) in [6.45, 7) is 7.30. The number of aliphatic carboxylic acids is 1. The number of carbonyl (C=O) groups is 3. The van der Waals surface area contributed by atoms with Crippen LogP contribution in [0.4, 0.5) is 13.2 Å². The summed E-state index contributed by atoms with van der Waals surface area (Å²) in [5, 5.41) is 13.6. The van der Waals surface area contributed by atoms with Gasteiger partial charge in [0, 0.05) is 32.2 Å². The highest BCUT2D eigenvalue weighted by Crippen LogP contribution is 2.37. The summed E-state index contributed by atoms with van der Waals surface area (Å²) >= 11 is 0. The van der Waals surface area contributed by atoms with Crippen LogP contribution in [0.3, 0.4) is 0 Å². The second-order valence-electron chi connectivity index (χ2n) is 7.54. The Hall–Kier alpha value is -2.63. The quantitative estimate of drug-likeness (QED) is 0.736. The lowest BCUT2D eigenvalue weighted by Gasteiger charge is -2.33. The van der Waals surface area contributed by atoms with Gasteiger partial charge in [-0.2, -0.15) is 13.2 Å². The summed E-state index contributed by atoms with van der Waals surface area (Å²) in [4.78, 5) is 37.8. The fraction of sp³-hybridized carbons (Fsp3) is 0.667. The molecule has 0 aliphatic carbocycles. The second kappa shape index (κ2) is 9.02. The number of nitrogens with one attached hydrogen (secondary N) is 1. The fourth-order valence-corrected chi connectivity index (χ4v) is 4.06. The molecule has 2 aliphatic heterocycles. The molecule has 0 radical (unpaired) electrons. The first kappa shape index (κ1) is 23.6. The van der Waals surface area contributed by atoms with Crippen molar-refractivity contribution in [1.29, 1.82) is 0 Å². The van der Waals surface area contributed by atoms with Crippen LogP contribution >= 0.6 is 0 Å². The minimum Gasteiger partial charge on any atom is -0.475 e. The van der Waals surface area contributed by atoms with Crippen LogP contribution < -0.4 is 5.32 Å². The Labute approximate surface area is 171 Å². The zero-order valence-corrected chi connectivity index (χ0v) is 17.1. The summed E-state index contributed by atoms with van der Waals surface area (Å²) in [6.07, 6.45) is -2.80. The maximum absolute atomic E-state index is 12.6. The summed E-state index contributed by atoms with van der Waals surface area (Å²) in [5.74, 6) is -1.83. The molecular formula is C18H25F3N4O5. The number of hydrogen-bond acceptors (Lipinski definition) is 6. The molecule has 30 heavy (non-hydrogen) atoms. The number of rotatable bonds is 3. The Balaban J connectivity index is 0.000000396. The highest BCUT2D eigenvalue weighted by atomic mass is 19.4. The second-order valence-corrected chi connectivity index (χ2v) is 7.54. The molecule has 0 bridgehead atoms. The Kier molecular flexibility index (Phi) is 7.11. The van der Waals surface area contributed by atoms with Gasteiger partial charge in [0.15, 0.2) is 0 Å². The summed E-state index contributed by atoms with van der Waals surface area (Å²) in [5.41, 5.74) is 0.531. The molecule has 2 saturated heterocycles. The third-order valence-electron chi connectivity index (χ3n) is 5.33. The van der Waals surface area contributed by atoms with Crippen LogP contribution in [0.1, 0.15) is 36.4 Å². The number of hydrogen-bond donors (Lipinski definition) is 2. The largest absolute Gasteiger partial charge is 0.490 e. The van der Waals surface area contributed by atoms with Crippen molar-refractivity contribution in [3.8, 4) is 0 Å². The standard InChI is InChI=1S/C16H24N4O3.C2HF3O2/c1-9(2)20-13(15(21)17-4)5-11-7-19(8-14(11)20)16(22)12-6-18-23-10(12)3;3-2(4,5)1(6)7/h6,9,11,13-14H,5,7-8H2,1-4H3,(H,17,21);(H,6,7)/t11-,13-,14+;/m1./s1. The number of nitrogens with zero attached hydrogens (tertiary/aromatic N) is 3. The first-order valence-corrected chi connectivity index (χ1v) is 9.38. The molecule has 3 heterocycles. The Morgan fingerprint density at radius 3 is 2.33 bits per heavy atom. The van der Waals surface area contributed by atoms with Gasteiger partial charge in [-0.15, -0.1) is 0 Å². The highest BCUT2D eigenvalue weighted by Gasteiger charge is 2.50. The van der Waals surface area contributed by atoms with Gasteiger partial charge in [0.2, 0.25) is 5.91 Å². The van der Waals surface area contributed by atoms with E-state index in [1.165, 1.54) is 6.20 Å². The number of likely N-dealkylation sites (tertiary alicyclic amines) is 2. The first-order valence-electron chi connectivity index (χ1n) is 9.38. The number of amides is 2. The number of alkyl halides is 3. The van der Waals surface area contributed by atoms with Gasteiger partial charge in [0.25, 0.3) is 5.91 Å². The topological polar surface area (TPSA) is 116 Å². The molecule has 2 fully saturated rings. The van der Waals surface area contributed by atoms with E-state index in [2.05, 4.69) is 29.2 Å². The maximum Gasteiger partial charge on any atom is 0.490 e. The molecule has 0 unspecified atom stereocenters. The number of fused-ring (bicyclic) bond motifs is 1. The molecule has 0 spiro atoms. The van der Waals surface area contributed by atoms with Gasteiger partial charge in [-0.3, -0.25) is 14.5 Å². The van der Waals surface area contributed by atoms with E-state index in [0.717, 1.165) is 6.42 Å². The van der Waals surface area contributed by atoms with Crippen molar-refractivity contribution in [1.82, 2.24) is 20.3 Å². The van der Waals surface area contributed by atoms with Crippen LogP contribution in [0.15, 0.2) is 10.7 Å². The van der Waals surface area contributed by atoms with Crippen molar-refractivity contribution in [2.45, 2.75) is 51.5 Å². The Morgan fingerprint density at radius 2 is 1.90 bits per heavy atom. The third-order valence-corrected chi connectivity index (χ3v) is 5.33. The monoisotopic (exact) mass is 434 g/mol. The van der Waals surface area contributed by atoms with Gasteiger partial charge in [-0.1, -0.05) is 5.16 Å². The SMILES string of the molecule is CNC(=O)[C@H]1C[C@@H]2CN(C(=O)c3cnoc3C)C[C@@H]2N1C(C)C.O=C(O)C(F)(F)F. The average Bonchev–Trinajstić information content (AvgIpc) is 3.33. The van der Waals surface area contributed by atoms with Crippen molar-refractivity contribution in [2.75, 3.05) is 20.1 Å². The van der Waals surface area contributed by atoms with Crippen molar-refractivity contribution in [3.63, 3.8) is 0 Å². The smallest absolute Gasteiger partial charge is 0.475 e. The Morgan fingerprint density at radius 1 is 1.30 bits per heavy atom. The number of halogens is 3. The molecule has 2 aliphatic rings. The normalized spacial score (nSPS) is 23.7. The van der Waals surface area contributed by atoms with Crippen LogP contribution in [0.5, 0.6) is 0 Å². The van der Waals surface area contributed by atoms with Crippen LogP contribution in [-0.4, -0.2) is 82.3 Å². The van der Waals surface area contributed by atoms with E-state index in [1.54, 1.807) is 14.0 Å². The number of likely N-dealkylation sites (N-methyl/N-ethyl adjacent to an activating group) is 1. The predicted octanol–water partition coefficient (Wildman–Crippen LogP) is 1.29. The maximum atomic E-state index is 12.6. The van der Waals surface area contributed by atoms with E-state index in [-0.39, 0.29) is 29.9 Å². The van der Waals surface area contributed by atoms with E-state index in [0.29, 0.717) is 30.3 Å². The van der Waals surface area contributed by atoms with Gasteiger partial charge in [-0.25, -0.2) is 4.79 Å². The van der Waals surface area contributed by atoms with Crippen LogP contribution in [0.2, 0.25) is 0 Å². The minimum atomic E-state index is -5.08. The van der Waals surface area contributed by atoms with Gasteiger partial charge in [-0.05, 0) is 33.1 Å². The van der Waals surface area contributed by atoms with E-state index in [1.807, 2.05) is 4.90 Å². The molecule has 1 aromatic rings. The zero-order valence-electron chi connectivity index (χ0n) is 17.1. The van der Waals surface area contributed by atoms with E-state index < -0.39 is 12.1 Å². The molecular weight excluding hydrogens is 409 g/mol. The van der Waals surface area contributed by atoms with Crippen molar-refractivity contribution >= 4 is 17.8 Å². The van der Waals surface area contributed by atoms with Crippen LogP contribution in [-0.2, 0) is 9.59 Å². The molecule has 3 rings (SSSR count). The molecule has 0 aromatic carbocycles. The number of carbonyl (C=O) groups excluding carboxylic acids is 2. The number of aromatic nitrogens is 1. The number of aryl methyl sites for hydroxylation is 1. The lowest BCUT2D eigenvalue weighted by atomic mass is 10.0. The van der Waals surface area contributed by atoms with Crippen LogP contribution in [0.25, 0.3) is 0 Å². The summed E-state index contributed by atoms with van der Waals surface area (Å²) in [7, 11) is 1.68. The molecule has 1 aromatic heterocycles. The Bertz CT molecular complexity index is 795.